The number of hydrogen-bond donors (Lipinski definition) is 1. The van der Waals surface area contributed by atoms with Crippen molar-refractivity contribution in [3.63, 3.8) is 0 Å². The third-order valence-corrected chi connectivity index (χ3v) is 3.17. The van der Waals surface area contributed by atoms with Gasteiger partial charge in [-0.1, -0.05) is 0 Å². The number of amides is 1. The highest BCUT2D eigenvalue weighted by Crippen LogP contribution is 2.15. The normalized spacial score (nSPS) is 16.6. The van der Waals surface area contributed by atoms with Crippen molar-refractivity contribution in [2.24, 2.45) is 0 Å². The number of likely N-dealkylation sites (tertiary alicyclic amines) is 1. The zero-order valence-electron chi connectivity index (χ0n) is 11.1. The minimum atomic E-state index is -0.0758. The summed E-state index contributed by atoms with van der Waals surface area (Å²) in [5, 5.41) is 8.70. The second-order valence-corrected chi connectivity index (χ2v) is 4.63. The maximum Gasteiger partial charge on any atom is 0.274 e. The SMILES string of the molecule is Cc1cnc(C(=O)N2CCC(OCCO)CC2)cn1. The van der Waals surface area contributed by atoms with Gasteiger partial charge in [0.25, 0.3) is 5.91 Å². The van der Waals surface area contributed by atoms with E-state index in [1.807, 2.05) is 6.92 Å². The number of hydrogen-bond acceptors (Lipinski definition) is 5. The second kappa shape index (κ2) is 6.58. The molecule has 1 fully saturated rings. The Hall–Kier alpha value is -1.53. The molecule has 1 aliphatic heterocycles. The zero-order chi connectivity index (χ0) is 13.7. The van der Waals surface area contributed by atoms with Crippen LogP contribution in [0.25, 0.3) is 0 Å². The molecule has 104 valence electrons. The van der Waals surface area contributed by atoms with Crippen LogP contribution in [0.4, 0.5) is 0 Å². The number of rotatable bonds is 4. The van der Waals surface area contributed by atoms with Gasteiger partial charge in [-0.2, -0.15) is 0 Å². The average molecular weight is 265 g/mol. The third-order valence-electron chi connectivity index (χ3n) is 3.17. The van der Waals surface area contributed by atoms with Gasteiger partial charge in [0.05, 0.1) is 31.2 Å². The molecule has 6 heteroatoms. The number of ether oxygens (including phenoxy) is 1. The predicted molar refractivity (Wildman–Crippen MR) is 68.7 cm³/mol. The molecule has 2 heterocycles. The minimum Gasteiger partial charge on any atom is -0.394 e. The van der Waals surface area contributed by atoms with E-state index in [2.05, 4.69) is 9.97 Å². The van der Waals surface area contributed by atoms with Gasteiger partial charge < -0.3 is 14.7 Å². The number of aliphatic hydroxyl groups excluding tert-OH is 1. The first-order valence-corrected chi connectivity index (χ1v) is 6.51. The van der Waals surface area contributed by atoms with Crippen molar-refractivity contribution in [3.05, 3.63) is 23.8 Å². The van der Waals surface area contributed by atoms with Crippen LogP contribution in [0.5, 0.6) is 0 Å². The lowest BCUT2D eigenvalue weighted by Crippen LogP contribution is -2.41. The molecular weight excluding hydrogens is 246 g/mol. The van der Waals surface area contributed by atoms with Crippen LogP contribution in [-0.2, 0) is 4.74 Å². The Bertz CT molecular complexity index is 414. The Labute approximate surface area is 112 Å². The predicted octanol–water partition coefficient (Wildman–Crippen LogP) is 0.399. The molecule has 0 aliphatic carbocycles. The van der Waals surface area contributed by atoms with Crippen molar-refractivity contribution >= 4 is 5.91 Å². The monoisotopic (exact) mass is 265 g/mol. The molecule has 0 unspecified atom stereocenters. The smallest absolute Gasteiger partial charge is 0.274 e. The first-order chi connectivity index (χ1) is 9.20. The molecule has 0 aromatic carbocycles. The van der Waals surface area contributed by atoms with Gasteiger partial charge in [-0.15, -0.1) is 0 Å². The summed E-state index contributed by atoms with van der Waals surface area (Å²) in [5.74, 6) is -0.0758. The Morgan fingerprint density at radius 3 is 2.74 bits per heavy atom. The number of carbonyl (C=O) groups is 1. The quantitative estimate of drug-likeness (QED) is 0.852. The van der Waals surface area contributed by atoms with Gasteiger partial charge in [0.1, 0.15) is 5.69 Å². The highest BCUT2D eigenvalue weighted by molar-refractivity contribution is 5.92. The fourth-order valence-electron chi connectivity index (χ4n) is 2.11. The molecule has 0 radical (unpaired) electrons. The Balaban J connectivity index is 1.87. The van der Waals surface area contributed by atoms with Crippen molar-refractivity contribution < 1.29 is 14.6 Å². The fraction of sp³-hybridized carbons (Fsp3) is 0.615. The van der Waals surface area contributed by atoms with Gasteiger partial charge in [0.15, 0.2) is 0 Å². The lowest BCUT2D eigenvalue weighted by Gasteiger charge is -2.31. The molecule has 1 aromatic rings. The zero-order valence-corrected chi connectivity index (χ0v) is 11.1. The summed E-state index contributed by atoms with van der Waals surface area (Å²) in [7, 11) is 0. The standard InChI is InChI=1S/C13H19N3O3/c1-10-8-15-12(9-14-10)13(18)16-4-2-11(3-5-16)19-7-6-17/h8-9,11,17H,2-7H2,1H3. The highest BCUT2D eigenvalue weighted by atomic mass is 16.5. The first kappa shape index (κ1) is 13.9. The second-order valence-electron chi connectivity index (χ2n) is 4.63. The molecule has 1 aliphatic rings. The van der Waals surface area contributed by atoms with E-state index in [9.17, 15) is 4.79 Å². The number of aliphatic hydroxyl groups is 1. The van der Waals surface area contributed by atoms with E-state index in [1.54, 1.807) is 11.1 Å². The molecule has 19 heavy (non-hydrogen) atoms. The molecule has 2 rings (SSSR count). The van der Waals surface area contributed by atoms with E-state index in [-0.39, 0.29) is 18.6 Å². The van der Waals surface area contributed by atoms with Crippen molar-refractivity contribution in [3.8, 4) is 0 Å². The van der Waals surface area contributed by atoms with Crippen LogP contribution in [0.15, 0.2) is 12.4 Å². The summed E-state index contributed by atoms with van der Waals surface area (Å²) in [6, 6.07) is 0. The number of aryl methyl sites for hydroxylation is 1. The molecule has 6 nitrogen and oxygen atoms in total. The van der Waals surface area contributed by atoms with Crippen LogP contribution in [0.2, 0.25) is 0 Å². The molecular formula is C13H19N3O3. The number of nitrogens with zero attached hydrogens (tertiary/aromatic N) is 3. The van der Waals surface area contributed by atoms with Crippen molar-refractivity contribution in [1.29, 1.82) is 0 Å². The van der Waals surface area contributed by atoms with Gasteiger partial charge in [0, 0.05) is 19.3 Å². The van der Waals surface area contributed by atoms with Gasteiger partial charge in [0.2, 0.25) is 0 Å². The van der Waals surface area contributed by atoms with Crippen molar-refractivity contribution in [2.45, 2.75) is 25.9 Å². The summed E-state index contributed by atoms with van der Waals surface area (Å²) >= 11 is 0. The van der Waals surface area contributed by atoms with Crippen LogP contribution in [0.1, 0.15) is 29.0 Å². The van der Waals surface area contributed by atoms with Crippen molar-refractivity contribution in [1.82, 2.24) is 14.9 Å². The topological polar surface area (TPSA) is 75.6 Å². The lowest BCUT2D eigenvalue weighted by molar-refractivity contribution is -0.00565. The van der Waals surface area contributed by atoms with Crippen LogP contribution in [-0.4, -0.2) is 58.3 Å². The summed E-state index contributed by atoms with van der Waals surface area (Å²) in [5.41, 5.74) is 1.19. The van der Waals surface area contributed by atoms with E-state index in [1.165, 1.54) is 6.20 Å². The molecule has 0 atom stereocenters. The third kappa shape index (κ3) is 3.71. The fourth-order valence-corrected chi connectivity index (χ4v) is 2.11. The van der Waals surface area contributed by atoms with E-state index >= 15 is 0 Å². The maximum absolute atomic E-state index is 12.2. The number of piperidine rings is 1. The Morgan fingerprint density at radius 1 is 1.42 bits per heavy atom. The summed E-state index contributed by atoms with van der Waals surface area (Å²) in [4.78, 5) is 22.1. The molecule has 1 aromatic heterocycles. The van der Waals surface area contributed by atoms with Gasteiger partial charge in [-0.05, 0) is 19.8 Å². The molecule has 0 spiro atoms. The number of aromatic nitrogens is 2. The van der Waals surface area contributed by atoms with E-state index in [0.717, 1.165) is 18.5 Å². The van der Waals surface area contributed by atoms with Crippen LogP contribution >= 0.6 is 0 Å². The maximum atomic E-state index is 12.2. The van der Waals surface area contributed by atoms with E-state index in [0.29, 0.717) is 25.4 Å². The largest absolute Gasteiger partial charge is 0.394 e. The number of carbonyl (C=O) groups excluding carboxylic acids is 1. The average Bonchev–Trinajstić information content (AvgIpc) is 2.46. The minimum absolute atomic E-state index is 0.0398. The van der Waals surface area contributed by atoms with Crippen LogP contribution in [0, 0.1) is 6.92 Å². The molecule has 1 saturated heterocycles. The first-order valence-electron chi connectivity index (χ1n) is 6.51. The van der Waals surface area contributed by atoms with Gasteiger partial charge in [-0.3, -0.25) is 9.78 Å². The Kier molecular flexibility index (Phi) is 4.81. The van der Waals surface area contributed by atoms with E-state index in [4.69, 9.17) is 9.84 Å². The van der Waals surface area contributed by atoms with Gasteiger partial charge >= 0.3 is 0 Å². The molecule has 0 saturated carbocycles. The summed E-state index contributed by atoms with van der Waals surface area (Å²) in [6.07, 6.45) is 4.85. The Morgan fingerprint density at radius 2 is 2.16 bits per heavy atom. The molecule has 1 amide bonds. The summed E-state index contributed by atoms with van der Waals surface area (Å²) in [6.45, 7) is 3.56. The molecule has 0 bridgehead atoms. The van der Waals surface area contributed by atoms with Crippen LogP contribution < -0.4 is 0 Å². The van der Waals surface area contributed by atoms with Crippen LogP contribution in [0.3, 0.4) is 0 Å². The van der Waals surface area contributed by atoms with E-state index < -0.39 is 0 Å². The lowest BCUT2D eigenvalue weighted by atomic mass is 10.1. The highest BCUT2D eigenvalue weighted by Gasteiger charge is 2.24. The molecule has 1 N–H and O–H groups in total. The van der Waals surface area contributed by atoms with Crippen molar-refractivity contribution in [2.75, 3.05) is 26.3 Å². The van der Waals surface area contributed by atoms with Gasteiger partial charge in [-0.25, -0.2) is 4.98 Å². The summed E-state index contributed by atoms with van der Waals surface area (Å²) < 4.78 is 5.47.